The van der Waals surface area contributed by atoms with Crippen LogP contribution in [-0.2, 0) is 9.59 Å². The van der Waals surface area contributed by atoms with Crippen molar-refractivity contribution < 1.29 is 18.7 Å². The van der Waals surface area contributed by atoms with Crippen LogP contribution in [0.5, 0.6) is 5.75 Å². The molecule has 0 saturated carbocycles. The van der Waals surface area contributed by atoms with Gasteiger partial charge in [0.15, 0.2) is 6.61 Å². The topological polar surface area (TPSA) is 71.8 Å². The monoisotopic (exact) mass is 354 g/mol. The summed E-state index contributed by atoms with van der Waals surface area (Å²) in [5.41, 5.74) is 1.59. The summed E-state index contributed by atoms with van der Waals surface area (Å²) in [6, 6.07) is 13.3. The first-order valence-electron chi connectivity index (χ1n) is 8.71. The minimum Gasteiger partial charge on any atom is -0.484 e. The molecule has 0 fully saturated rings. The lowest BCUT2D eigenvalue weighted by atomic mass is 10.1. The lowest BCUT2D eigenvalue weighted by Gasteiger charge is -2.20. The summed E-state index contributed by atoms with van der Waals surface area (Å²) in [6.07, 6.45) is 0. The Morgan fingerprint density at radius 3 is 2.62 bits per heavy atom. The molecule has 0 aliphatic heterocycles. The van der Waals surface area contributed by atoms with Gasteiger partial charge in [0, 0.05) is 23.9 Å². The van der Waals surface area contributed by atoms with E-state index in [4.69, 9.17) is 9.15 Å². The van der Waals surface area contributed by atoms with Crippen molar-refractivity contribution in [3.63, 3.8) is 0 Å². The van der Waals surface area contributed by atoms with E-state index in [2.05, 4.69) is 5.32 Å². The number of likely N-dealkylation sites (N-methyl/N-ethyl adjacent to an activating group) is 2. The Bertz CT molecular complexity index is 932. The molecule has 0 bridgehead atoms. The summed E-state index contributed by atoms with van der Waals surface area (Å²) in [5.74, 6) is 0.191. The molecule has 1 heterocycles. The van der Waals surface area contributed by atoms with Crippen molar-refractivity contribution in [2.45, 2.75) is 13.8 Å². The molecule has 2 amide bonds. The first-order valence-corrected chi connectivity index (χ1v) is 8.71. The average Bonchev–Trinajstić information content (AvgIpc) is 3.02. The fraction of sp³-hybridized carbons (Fsp3) is 0.300. The number of amides is 2. The average molecular weight is 354 g/mol. The summed E-state index contributed by atoms with van der Waals surface area (Å²) in [5, 5.41) is 4.64. The number of rotatable bonds is 7. The zero-order chi connectivity index (χ0) is 18.5. The minimum atomic E-state index is -0.226. The Morgan fingerprint density at radius 2 is 1.85 bits per heavy atom. The van der Waals surface area contributed by atoms with E-state index in [0.717, 1.165) is 21.9 Å². The third-order valence-corrected chi connectivity index (χ3v) is 4.15. The lowest BCUT2D eigenvalue weighted by Crippen LogP contribution is -2.42. The highest BCUT2D eigenvalue weighted by Gasteiger charge is 2.16. The van der Waals surface area contributed by atoms with E-state index in [1.807, 2.05) is 50.2 Å². The van der Waals surface area contributed by atoms with E-state index in [9.17, 15) is 9.59 Å². The number of furan rings is 1. The van der Waals surface area contributed by atoms with Gasteiger partial charge in [0.2, 0.25) is 5.91 Å². The summed E-state index contributed by atoms with van der Waals surface area (Å²) < 4.78 is 11.4. The summed E-state index contributed by atoms with van der Waals surface area (Å²) in [4.78, 5) is 25.5. The molecule has 1 aromatic heterocycles. The maximum atomic E-state index is 12.3. The van der Waals surface area contributed by atoms with Gasteiger partial charge in [0.25, 0.3) is 5.91 Å². The molecule has 2 aromatic carbocycles. The molecular weight excluding hydrogens is 332 g/mol. The fourth-order valence-corrected chi connectivity index (χ4v) is 2.83. The Kier molecular flexibility index (Phi) is 5.41. The van der Waals surface area contributed by atoms with E-state index in [1.54, 1.807) is 6.07 Å². The Balaban J connectivity index is 1.69. The number of fused-ring (bicyclic) bond motifs is 3. The van der Waals surface area contributed by atoms with Gasteiger partial charge < -0.3 is 19.4 Å². The number of hydrogen-bond donors (Lipinski definition) is 1. The van der Waals surface area contributed by atoms with Crippen molar-refractivity contribution in [1.82, 2.24) is 10.2 Å². The van der Waals surface area contributed by atoms with E-state index in [-0.39, 0.29) is 25.0 Å². The van der Waals surface area contributed by atoms with Crippen LogP contribution in [0.15, 0.2) is 46.9 Å². The SMILES string of the molecule is CCNC(=O)CN(CC)C(=O)COc1ccc2oc3ccccc3c2c1. The predicted octanol–water partition coefficient (Wildman–Crippen LogP) is 2.95. The zero-order valence-electron chi connectivity index (χ0n) is 15.0. The molecule has 6 nitrogen and oxygen atoms in total. The van der Waals surface area contributed by atoms with E-state index in [0.29, 0.717) is 18.8 Å². The van der Waals surface area contributed by atoms with E-state index < -0.39 is 0 Å². The van der Waals surface area contributed by atoms with Crippen molar-refractivity contribution in [3.05, 3.63) is 42.5 Å². The molecule has 0 aliphatic rings. The van der Waals surface area contributed by atoms with Gasteiger partial charge in [-0.2, -0.15) is 0 Å². The highest BCUT2D eigenvalue weighted by atomic mass is 16.5. The summed E-state index contributed by atoms with van der Waals surface area (Å²) in [6.45, 7) is 4.59. The van der Waals surface area contributed by atoms with E-state index >= 15 is 0 Å². The maximum Gasteiger partial charge on any atom is 0.260 e. The number of carbonyl (C=O) groups excluding carboxylic acids is 2. The van der Waals surface area contributed by atoms with Gasteiger partial charge in [-0.25, -0.2) is 0 Å². The van der Waals surface area contributed by atoms with Crippen molar-refractivity contribution in [2.75, 3.05) is 26.2 Å². The van der Waals surface area contributed by atoms with Gasteiger partial charge in [-0.1, -0.05) is 18.2 Å². The third-order valence-electron chi connectivity index (χ3n) is 4.15. The molecule has 0 unspecified atom stereocenters. The summed E-state index contributed by atoms with van der Waals surface area (Å²) in [7, 11) is 0. The molecule has 0 aliphatic carbocycles. The Morgan fingerprint density at radius 1 is 1.08 bits per heavy atom. The number of benzene rings is 2. The number of ether oxygens (including phenoxy) is 1. The van der Waals surface area contributed by atoms with Crippen LogP contribution in [0.1, 0.15) is 13.8 Å². The predicted molar refractivity (Wildman–Crippen MR) is 100 cm³/mol. The van der Waals surface area contributed by atoms with Crippen LogP contribution < -0.4 is 10.1 Å². The first-order chi connectivity index (χ1) is 12.6. The molecule has 0 saturated heterocycles. The molecule has 26 heavy (non-hydrogen) atoms. The third kappa shape index (κ3) is 3.79. The van der Waals surface area contributed by atoms with Crippen LogP contribution in [0.2, 0.25) is 0 Å². The van der Waals surface area contributed by atoms with Crippen molar-refractivity contribution in [2.24, 2.45) is 0 Å². The van der Waals surface area contributed by atoms with Crippen LogP contribution in [0.25, 0.3) is 21.9 Å². The molecule has 0 spiro atoms. The van der Waals surface area contributed by atoms with Crippen LogP contribution >= 0.6 is 0 Å². The Hall–Kier alpha value is -3.02. The van der Waals surface area contributed by atoms with E-state index in [1.165, 1.54) is 4.90 Å². The zero-order valence-corrected chi connectivity index (χ0v) is 15.0. The van der Waals surface area contributed by atoms with Gasteiger partial charge in [-0.3, -0.25) is 9.59 Å². The smallest absolute Gasteiger partial charge is 0.260 e. The molecular formula is C20H22N2O4. The number of para-hydroxylation sites is 1. The summed E-state index contributed by atoms with van der Waals surface area (Å²) >= 11 is 0. The quantitative estimate of drug-likeness (QED) is 0.708. The van der Waals surface area contributed by atoms with Gasteiger partial charge in [0.05, 0.1) is 6.54 Å². The fourth-order valence-electron chi connectivity index (χ4n) is 2.83. The molecule has 1 N–H and O–H groups in total. The second-order valence-corrected chi connectivity index (χ2v) is 5.91. The molecule has 6 heteroatoms. The highest BCUT2D eigenvalue weighted by Crippen LogP contribution is 2.31. The highest BCUT2D eigenvalue weighted by molar-refractivity contribution is 6.05. The minimum absolute atomic E-state index is 0.0396. The van der Waals surface area contributed by atoms with Crippen LogP contribution in [0, 0.1) is 0 Å². The largest absolute Gasteiger partial charge is 0.484 e. The van der Waals surface area contributed by atoms with Gasteiger partial charge in [0.1, 0.15) is 16.9 Å². The van der Waals surface area contributed by atoms with Crippen LogP contribution in [-0.4, -0.2) is 43.0 Å². The Labute approximate surface area is 151 Å². The number of nitrogens with zero attached hydrogens (tertiary/aromatic N) is 1. The molecule has 0 atom stereocenters. The normalized spacial score (nSPS) is 10.8. The van der Waals surface area contributed by atoms with Gasteiger partial charge in [-0.05, 0) is 38.1 Å². The lowest BCUT2D eigenvalue weighted by molar-refractivity contribution is -0.137. The molecule has 3 rings (SSSR count). The second-order valence-electron chi connectivity index (χ2n) is 5.91. The van der Waals surface area contributed by atoms with Crippen LogP contribution in [0.4, 0.5) is 0 Å². The molecule has 136 valence electrons. The number of carbonyl (C=O) groups is 2. The standard InChI is InChI=1S/C20H22N2O4/c1-3-21-19(23)12-22(4-2)20(24)13-25-14-9-10-18-16(11-14)15-7-5-6-8-17(15)26-18/h5-11H,3-4,12-13H2,1-2H3,(H,21,23). The molecule has 0 radical (unpaired) electrons. The van der Waals surface area contributed by atoms with Crippen molar-refractivity contribution in [1.29, 1.82) is 0 Å². The van der Waals surface area contributed by atoms with Gasteiger partial charge in [-0.15, -0.1) is 0 Å². The van der Waals surface area contributed by atoms with Gasteiger partial charge >= 0.3 is 0 Å². The molecule has 3 aromatic rings. The van der Waals surface area contributed by atoms with Crippen LogP contribution in [0.3, 0.4) is 0 Å². The second kappa shape index (κ2) is 7.91. The first kappa shape index (κ1) is 17.8. The number of hydrogen-bond acceptors (Lipinski definition) is 4. The van der Waals surface area contributed by atoms with Crippen molar-refractivity contribution in [3.8, 4) is 5.75 Å². The van der Waals surface area contributed by atoms with Crippen molar-refractivity contribution >= 4 is 33.8 Å². The number of nitrogens with one attached hydrogen (secondary N) is 1. The maximum absolute atomic E-state index is 12.3.